The van der Waals surface area contributed by atoms with Crippen molar-refractivity contribution in [1.82, 2.24) is 4.90 Å². The molecule has 1 saturated heterocycles. The zero-order chi connectivity index (χ0) is 21.5. The summed E-state index contributed by atoms with van der Waals surface area (Å²) in [5.74, 6) is 0.230. The highest BCUT2D eigenvalue weighted by Gasteiger charge is 2.28. The summed E-state index contributed by atoms with van der Waals surface area (Å²) in [7, 11) is 0. The van der Waals surface area contributed by atoms with Crippen LogP contribution in [0.4, 0.5) is 5.69 Å². The van der Waals surface area contributed by atoms with Crippen molar-refractivity contribution < 1.29 is 4.79 Å². The van der Waals surface area contributed by atoms with Gasteiger partial charge in [-0.2, -0.15) is 0 Å². The van der Waals surface area contributed by atoms with Crippen LogP contribution in [-0.2, 0) is 11.2 Å². The molecule has 0 unspecified atom stereocenters. The van der Waals surface area contributed by atoms with E-state index in [1.165, 1.54) is 5.56 Å². The van der Waals surface area contributed by atoms with Gasteiger partial charge >= 0.3 is 0 Å². The Morgan fingerprint density at radius 1 is 0.897 bits per heavy atom. The van der Waals surface area contributed by atoms with Gasteiger partial charge in [-0.25, -0.2) is 0 Å². The second-order valence-corrected chi connectivity index (χ2v) is 6.76. The minimum Gasteiger partial charge on any atom is -0.309 e. The van der Waals surface area contributed by atoms with E-state index in [0.29, 0.717) is 12.5 Å². The number of amides is 1. The summed E-state index contributed by atoms with van der Waals surface area (Å²) in [5.41, 5.74) is 2.44. The number of hydrogen-bond donors (Lipinski definition) is 0. The van der Waals surface area contributed by atoms with Crippen LogP contribution in [-0.4, -0.2) is 36.5 Å². The number of nitrogens with zero attached hydrogens (tertiary/aromatic N) is 2. The SMILES string of the molecule is CC.CC.CCC(=O)N(c1ccccc1)C1CCN(CCc2ccccc2)CC1. The second-order valence-electron chi connectivity index (χ2n) is 6.76. The number of piperidine rings is 1. The van der Waals surface area contributed by atoms with Gasteiger partial charge in [0.05, 0.1) is 0 Å². The molecule has 0 N–H and O–H groups in total. The number of benzene rings is 2. The van der Waals surface area contributed by atoms with Crippen molar-refractivity contribution >= 4 is 11.6 Å². The number of para-hydroxylation sites is 1. The maximum absolute atomic E-state index is 12.5. The fraction of sp³-hybridized carbons (Fsp3) is 0.500. The fourth-order valence-corrected chi connectivity index (χ4v) is 3.65. The minimum absolute atomic E-state index is 0.230. The van der Waals surface area contributed by atoms with Crippen LogP contribution in [0.15, 0.2) is 60.7 Å². The number of anilines is 1. The molecule has 0 aromatic heterocycles. The minimum atomic E-state index is 0.230. The molecule has 0 saturated carbocycles. The first kappa shape index (κ1) is 24.9. The number of carbonyl (C=O) groups is 1. The van der Waals surface area contributed by atoms with Crippen LogP contribution in [0.1, 0.15) is 59.4 Å². The Balaban J connectivity index is 0.000000989. The number of rotatable bonds is 6. The highest BCUT2D eigenvalue weighted by atomic mass is 16.2. The van der Waals surface area contributed by atoms with E-state index >= 15 is 0 Å². The molecule has 0 atom stereocenters. The molecule has 1 aliphatic rings. The summed E-state index contributed by atoms with van der Waals surface area (Å²) in [6.07, 6.45) is 3.76. The molecule has 2 aromatic rings. The van der Waals surface area contributed by atoms with E-state index in [9.17, 15) is 4.79 Å². The monoisotopic (exact) mass is 396 g/mol. The van der Waals surface area contributed by atoms with Gasteiger partial charge in [0.2, 0.25) is 5.91 Å². The van der Waals surface area contributed by atoms with Gasteiger partial charge in [0.25, 0.3) is 0 Å². The Labute approximate surface area is 178 Å². The van der Waals surface area contributed by atoms with Gasteiger partial charge in [-0.1, -0.05) is 83.1 Å². The Morgan fingerprint density at radius 3 is 1.93 bits per heavy atom. The first-order valence-electron chi connectivity index (χ1n) is 11.4. The lowest BCUT2D eigenvalue weighted by atomic mass is 10.0. The van der Waals surface area contributed by atoms with Gasteiger partial charge < -0.3 is 9.80 Å². The molecule has 0 bridgehead atoms. The standard InChI is InChI=1S/C22H28N2O.2C2H6/c1-2-22(25)24(20-11-7-4-8-12-20)21-14-17-23(18-15-21)16-13-19-9-5-3-6-10-19;2*1-2/h3-12,21H,2,13-18H2,1H3;2*1-2H3. The van der Waals surface area contributed by atoms with Crippen molar-refractivity contribution in [2.45, 2.75) is 66.3 Å². The largest absolute Gasteiger partial charge is 0.309 e. The van der Waals surface area contributed by atoms with E-state index in [1.54, 1.807) is 0 Å². The molecule has 3 rings (SSSR count). The van der Waals surface area contributed by atoms with E-state index < -0.39 is 0 Å². The highest BCUT2D eigenvalue weighted by Crippen LogP contribution is 2.24. The smallest absolute Gasteiger partial charge is 0.226 e. The Bertz CT molecular complexity index is 649. The van der Waals surface area contributed by atoms with Gasteiger partial charge in [-0.3, -0.25) is 4.79 Å². The lowest BCUT2D eigenvalue weighted by Gasteiger charge is -2.38. The molecule has 29 heavy (non-hydrogen) atoms. The number of likely N-dealkylation sites (tertiary alicyclic amines) is 1. The second kappa shape index (κ2) is 14.8. The van der Waals surface area contributed by atoms with Crippen LogP contribution >= 0.6 is 0 Å². The average Bonchev–Trinajstić information content (AvgIpc) is 2.82. The first-order valence-corrected chi connectivity index (χ1v) is 11.4. The quantitative estimate of drug-likeness (QED) is 0.581. The lowest BCUT2D eigenvalue weighted by Crippen LogP contribution is -2.47. The maximum atomic E-state index is 12.5. The van der Waals surface area contributed by atoms with Gasteiger partial charge in [-0.15, -0.1) is 0 Å². The molecule has 0 radical (unpaired) electrons. The van der Waals surface area contributed by atoms with E-state index in [1.807, 2.05) is 57.7 Å². The van der Waals surface area contributed by atoms with E-state index in [0.717, 1.165) is 44.6 Å². The molecule has 1 amide bonds. The summed E-state index contributed by atoms with van der Waals surface area (Å²) in [6.45, 7) is 13.2. The highest BCUT2D eigenvalue weighted by molar-refractivity contribution is 5.93. The predicted molar refractivity (Wildman–Crippen MR) is 127 cm³/mol. The molecule has 0 spiro atoms. The lowest BCUT2D eigenvalue weighted by molar-refractivity contribution is -0.119. The van der Waals surface area contributed by atoms with Crippen LogP contribution in [0, 0.1) is 0 Å². The molecule has 3 heteroatoms. The molecular weight excluding hydrogens is 356 g/mol. The summed E-state index contributed by atoms with van der Waals surface area (Å²) in [4.78, 5) is 17.1. The van der Waals surface area contributed by atoms with Crippen molar-refractivity contribution in [3.8, 4) is 0 Å². The fourth-order valence-electron chi connectivity index (χ4n) is 3.65. The zero-order valence-corrected chi connectivity index (χ0v) is 19.1. The van der Waals surface area contributed by atoms with Crippen molar-refractivity contribution in [3.05, 3.63) is 66.2 Å². The molecule has 1 fully saturated rings. The zero-order valence-electron chi connectivity index (χ0n) is 19.1. The molecular formula is C26H40N2O. The van der Waals surface area contributed by atoms with Crippen molar-refractivity contribution in [3.63, 3.8) is 0 Å². The summed E-state index contributed by atoms with van der Waals surface area (Å²) in [6, 6.07) is 21.1. The van der Waals surface area contributed by atoms with Crippen LogP contribution < -0.4 is 4.90 Å². The van der Waals surface area contributed by atoms with Crippen molar-refractivity contribution in [2.75, 3.05) is 24.5 Å². The summed E-state index contributed by atoms with van der Waals surface area (Å²) in [5, 5.41) is 0. The Kier molecular flexibility index (Phi) is 12.7. The molecule has 1 aliphatic heterocycles. The van der Waals surface area contributed by atoms with Gasteiger partial charge in [0.15, 0.2) is 0 Å². The van der Waals surface area contributed by atoms with Crippen LogP contribution in [0.3, 0.4) is 0 Å². The number of carbonyl (C=O) groups excluding carboxylic acids is 1. The average molecular weight is 397 g/mol. The van der Waals surface area contributed by atoms with Gasteiger partial charge in [0.1, 0.15) is 0 Å². The summed E-state index contributed by atoms with van der Waals surface area (Å²) >= 11 is 0. The predicted octanol–water partition coefficient (Wildman–Crippen LogP) is 6.19. The third kappa shape index (κ3) is 8.02. The van der Waals surface area contributed by atoms with Gasteiger partial charge in [0, 0.05) is 37.8 Å². The van der Waals surface area contributed by atoms with E-state index in [4.69, 9.17) is 0 Å². The molecule has 0 aliphatic carbocycles. The van der Waals surface area contributed by atoms with E-state index in [-0.39, 0.29) is 5.91 Å². The number of hydrogen-bond acceptors (Lipinski definition) is 2. The molecule has 1 heterocycles. The molecule has 160 valence electrons. The van der Waals surface area contributed by atoms with Crippen molar-refractivity contribution in [1.29, 1.82) is 0 Å². The van der Waals surface area contributed by atoms with Crippen molar-refractivity contribution in [2.24, 2.45) is 0 Å². The van der Waals surface area contributed by atoms with Gasteiger partial charge in [-0.05, 0) is 37.0 Å². The Morgan fingerprint density at radius 2 is 1.41 bits per heavy atom. The van der Waals surface area contributed by atoms with Crippen LogP contribution in [0.25, 0.3) is 0 Å². The summed E-state index contributed by atoms with van der Waals surface area (Å²) < 4.78 is 0. The molecule has 3 nitrogen and oxygen atoms in total. The van der Waals surface area contributed by atoms with E-state index in [2.05, 4.69) is 47.4 Å². The third-order valence-corrected chi connectivity index (χ3v) is 5.09. The normalized spacial score (nSPS) is 14.1. The maximum Gasteiger partial charge on any atom is 0.226 e. The Hall–Kier alpha value is -2.13. The van der Waals surface area contributed by atoms with Crippen LogP contribution in [0.5, 0.6) is 0 Å². The molecule has 2 aromatic carbocycles. The topological polar surface area (TPSA) is 23.6 Å². The van der Waals surface area contributed by atoms with Crippen LogP contribution in [0.2, 0.25) is 0 Å². The first-order chi connectivity index (χ1) is 14.3. The third-order valence-electron chi connectivity index (χ3n) is 5.09.